The number of anilines is 2. The Kier molecular flexibility index (Phi) is 3.61. The van der Waals surface area contributed by atoms with Gasteiger partial charge in [-0.05, 0) is 39.3 Å². The van der Waals surface area contributed by atoms with E-state index in [1.54, 1.807) is 0 Å². The molecular formula is C29H20N2Si. The predicted molar refractivity (Wildman–Crippen MR) is 135 cm³/mol. The molecule has 32 heavy (non-hydrogen) atoms. The number of rotatable bonds is 1. The predicted octanol–water partition coefficient (Wildman–Crippen LogP) is 4.85. The molecule has 7 rings (SSSR count). The maximum Gasteiger partial charge on any atom is 0.258 e. The molecule has 0 N–H and O–H groups in total. The molecule has 2 aliphatic heterocycles. The zero-order valence-corrected chi connectivity index (χ0v) is 18.4. The first-order chi connectivity index (χ1) is 15.9. The van der Waals surface area contributed by atoms with Crippen LogP contribution in [-0.2, 0) is 0 Å². The second-order valence-electron chi connectivity index (χ2n) is 8.39. The molecule has 4 aromatic carbocycles. The Hall–Kier alpha value is -3.95. The summed E-state index contributed by atoms with van der Waals surface area (Å²) in [5.74, 6) is 0. The number of fused-ring (bicyclic) bond motifs is 11. The lowest BCUT2D eigenvalue weighted by molar-refractivity contribution is 1.25. The highest BCUT2D eigenvalue weighted by Crippen LogP contribution is 2.47. The van der Waals surface area contributed by atoms with Crippen LogP contribution in [0.4, 0.5) is 11.4 Å². The Labute approximate surface area is 188 Å². The third-order valence-corrected chi connectivity index (χ3v) is 11.6. The van der Waals surface area contributed by atoms with Crippen LogP contribution < -0.4 is 20.1 Å². The van der Waals surface area contributed by atoms with E-state index in [2.05, 4.69) is 120 Å². The average molecular weight is 425 g/mol. The zero-order valence-electron chi connectivity index (χ0n) is 17.4. The zero-order chi connectivity index (χ0) is 21.1. The smallest absolute Gasteiger partial charge is 0.258 e. The lowest BCUT2D eigenvalue weighted by atomic mass is 10.0. The van der Waals surface area contributed by atoms with Crippen molar-refractivity contribution in [2.45, 2.75) is 0 Å². The van der Waals surface area contributed by atoms with Gasteiger partial charge in [0.05, 0.1) is 11.4 Å². The van der Waals surface area contributed by atoms with E-state index in [4.69, 9.17) is 4.98 Å². The highest BCUT2D eigenvalue weighted by Gasteiger charge is 2.54. The Morgan fingerprint density at radius 3 is 1.91 bits per heavy atom. The third kappa shape index (κ3) is 2.11. The van der Waals surface area contributed by atoms with Crippen LogP contribution in [0.5, 0.6) is 0 Å². The third-order valence-electron chi connectivity index (χ3n) is 6.88. The van der Waals surface area contributed by atoms with Gasteiger partial charge in [0.25, 0.3) is 8.24 Å². The van der Waals surface area contributed by atoms with Gasteiger partial charge in [0.2, 0.25) is 0 Å². The SMILES string of the molecule is c1ccc([Si]23c4ccccc4-c4ccccc4N2c2cccnc2-c2ccccc23)cc1. The van der Waals surface area contributed by atoms with Crippen molar-refractivity contribution in [2.24, 2.45) is 0 Å². The van der Waals surface area contributed by atoms with Crippen molar-refractivity contribution in [3.8, 4) is 22.4 Å². The standard InChI is InChI=1S/C29H20N2Si/c1-2-11-21(12-3-1)32-27-18-8-5-14-23(27)22-13-4-7-16-25(22)31(32)26-17-10-20-30-29(26)24-15-6-9-19-28(24)32/h1-20H. The molecule has 0 aliphatic carbocycles. The van der Waals surface area contributed by atoms with Crippen LogP contribution in [0, 0.1) is 0 Å². The van der Waals surface area contributed by atoms with Crippen LogP contribution in [0.2, 0.25) is 0 Å². The summed E-state index contributed by atoms with van der Waals surface area (Å²) in [6, 6.07) is 42.2. The van der Waals surface area contributed by atoms with Crippen molar-refractivity contribution in [3.63, 3.8) is 0 Å². The topological polar surface area (TPSA) is 16.1 Å². The average Bonchev–Trinajstić information content (AvgIpc) is 2.89. The fraction of sp³-hybridized carbons (Fsp3) is 0. The summed E-state index contributed by atoms with van der Waals surface area (Å²) < 4.78 is 2.66. The molecule has 1 unspecified atom stereocenters. The van der Waals surface area contributed by atoms with Crippen LogP contribution in [0.3, 0.4) is 0 Å². The van der Waals surface area contributed by atoms with E-state index in [1.807, 2.05) is 6.20 Å². The summed E-state index contributed by atoms with van der Waals surface area (Å²) in [6.45, 7) is 0. The van der Waals surface area contributed by atoms with Crippen molar-refractivity contribution in [3.05, 3.63) is 121 Å². The van der Waals surface area contributed by atoms with Gasteiger partial charge < -0.3 is 4.57 Å². The number of benzene rings is 4. The van der Waals surface area contributed by atoms with Crippen LogP contribution in [-0.4, -0.2) is 13.2 Å². The molecule has 5 aromatic rings. The number of nitrogens with zero attached hydrogens (tertiary/aromatic N) is 2. The molecular weight excluding hydrogens is 404 g/mol. The van der Waals surface area contributed by atoms with Crippen LogP contribution >= 0.6 is 0 Å². The largest absolute Gasteiger partial charge is 0.354 e. The van der Waals surface area contributed by atoms with Gasteiger partial charge in [0.1, 0.15) is 0 Å². The normalized spacial score (nSPS) is 17.4. The van der Waals surface area contributed by atoms with Crippen molar-refractivity contribution < 1.29 is 0 Å². The second-order valence-corrected chi connectivity index (χ2v) is 11.9. The van der Waals surface area contributed by atoms with E-state index in [0.29, 0.717) is 0 Å². The van der Waals surface area contributed by atoms with Crippen molar-refractivity contribution in [1.29, 1.82) is 0 Å². The van der Waals surface area contributed by atoms with Crippen molar-refractivity contribution in [2.75, 3.05) is 4.57 Å². The minimum Gasteiger partial charge on any atom is -0.354 e. The van der Waals surface area contributed by atoms with Gasteiger partial charge in [-0.15, -0.1) is 0 Å². The molecule has 0 saturated carbocycles. The maximum absolute atomic E-state index is 4.89. The van der Waals surface area contributed by atoms with E-state index in [9.17, 15) is 0 Å². The number of hydrogen-bond donors (Lipinski definition) is 0. The summed E-state index contributed by atoms with van der Waals surface area (Å²) in [5.41, 5.74) is 7.42. The maximum atomic E-state index is 4.89. The van der Waals surface area contributed by atoms with Gasteiger partial charge in [-0.1, -0.05) is 97.1 Å². The summed E-state index contributed by atoms with van der Waals surface area (Å²) >= 11 is 0. The fourth-order valence-electron chi connectivity index (χ4n) is 5.72. The Bertz CT molecular complexity index is 1400. The van der Waals surface area contributed by atoms with Gasteiger partial charge in [0.15, 0.2) is 0 Å². The lowest BCUT2D eigenvalue weighted by Crippen LogP contribution is -2.79. The van der Waals surface area contributed by atoms with Crippen molar-refractivity contribution >= 4 is 35.2 Å². The molecule has 2 aliphatic rings. The fourth-order valence-corrected chi connectivity index (χ4v) is 11.0. The van der Waals surface area contributed by atoms with Crippen LogP contribution in [0.1, 0.15) is 0 Å². The van der Waals surface area contributed by atoms with E-state index in [-0.39, 0.29) is 0 Å². The van der Waals surface area contributed by atoms with E-state index >= 15 is 0 Å². The molecule has 0 fully saturated rings. The monoisotopic (exact) mass is 424 g/mol. The summed E-state index contributed by atoms with van der Waals surface area (Å²) in [6.07, 6.45) is 1.91. The molecule has 0 spiro atoms. The molecule has 0 bridgehead atoms. The van der Waals surface area contributed by atoms with E-state index < -0.39 is 8.24 Å². The van der Waals surface area contributed by atoms with Gasteiger partial charge in [0, 0.05) is 23.0 Å². The molecule has 3 heterocycles. The molecule has 1 atom stereocenters. The summed E-state index contributed by atoms with van der Waals surface area (Å²) in [5, 5.41) is 4.23. The van der Waals surface area contributed by atoms with Crippen LogP contribution in [0.15, 0.2) is 121 Å². The molecule has 2 nitrogen and oxygen atoms in total. The highest BCUT2D eigenvalue weighted by atomic mass is 28.3. The lowest BCUT2D eigenvalue weighted by Gasteiger charge is -2.52. The molecule has 0 amide bonds. The highest BCUT2D eigenvalue weighted by molar-refractivity contribution is 7.16. The number of hydrogen-bond acceptors (Lipinski definition) is 2. The summed E-state index contributed by atoms with van der Waals surface area (Å²) in [4.78, 5) is 4.89. The number of pyridine rings is 1. The molecule has 3 heteroatoms. The first kappa shape index (κ1) is 17.7. The number of aromatic nitrogens is 1. The van der Waals surface area contributed by atoms with E-state index in [1.165, 1.54) is 43.6 Å². The first-order valence-electron chi connectivity index (χ1n) is 11.0. The molecule has 0 radical (unpaired) electrons. The Balaban J connectivity index is 1.75. The minimum atomic E-state index is -2.63. The first-order valence-corrected chi connectivity index (χ1v) is 12.9. The minimum absolute atomic E-state index is 1.07. The quantitative estimate of drug-likeness (QED) is 0.358. The van der Waals surface area contributed by atoms with E-state index in [0.717, 1.165) is 5.69 Å². The molecule has 0 saturated heterocycles. The van der Waals surface area contributed by atoms with Crippen molar-refractivity contribution in [1.82, 2.24) is 4.98 Å². The summed E-state index contributed by atoms with van der Waals surface area (Å²) in [7, 11) is -2.63. The number of para-hydroxylation sites is 1. The second kappa shape index (κ2) is 6.52. The van der Waals surface area contributed by atoms with Gasteiger partial charge >= 0.3 is 0 Å². The van der Waals surface area contributed by atoms with Crippen LogP contribution in [0.25, 0.3) is 22.4 Å². The molecule has 150 valence electrons. The van der Waals surface area contributed by atoms with Gasteiger partial charge in [-0.25, -0.2) is 0 Å². The Morgan fingerprint density at radius 1 is 0.500 bits per heavy atom. The van der Waals surface area contributed by atoms with Gasteiger partial charge in [-0.2, -0.15) is 0 Å². The van der Waals surface area contributed by atoms with Gasteiger partial charge in [-0.3, -0.25) is 4.98 Å². The Morgan fingerprint density at radius 2 is 1.09 bits per heavy atom. The molecule has 1 aromatic heterocycles.